The average Bonchev–Trinajstić information content (AvgIpc) is 2.35. The molecule has 1 atom stereocenters. The maximum atomic E-state index is 4.21. The monoisotopic (exact) mass is 261 g/mol. The van der Waals surface area contributed by atoms with E-state index in [0.717, 1.165) is 13.1 Å². The molecule has 0 saturated heterocycles. The van der Waals surface area contributed by atoms with Gasteiger partial charge in [-0.2, -0.15) is 0 Å². The second kappa shape index (κ2) is 5.85. The molecule has 0 radical (unpaired) electrons. The second-order valence-corrected chi connectivity index (χ2v) is 10.4. The molecule has 0 amide bonds. The van der Waals surface area contributed by atoms with Crippen molar-refractivity contribution in [1.82, 2.24) is 4.57 Å². The summed E-state index contributed by atoms with van der Waals surface area (Å²) in [5.41, 5.74) is 2.26. The molecule has 100 valence electrons. The van der Waals surface area contributed by atoms with Crippen LogP contribution in [-0.2, 0) is 0 Å². The van der Waals surface area contributed by atoms with Crippen molar-refractivity contribution in [3.63, 3.8) is 0 Å². The fourth-order valence-corrected chi connectivity index (χ4v) is 8.04. The van der Waals surface area contributed by atoms with E-state index in [1.165, 1.54) is 5.19 Å². The summed E-state index contributed by atoms with van der Waals surface area (Å²) in [7, 11) is -1.88. The fraction of sp³-hybridized carbons (Fsp3) is 0.500. The van der Waals surface area contributed by atoms with Crippen LogP contribution >= 0.6 is 0 Å². The van der Waals surface area contributed by atoms with Crippen molar-refractivity contribution in [3.05, 3.63) is 42.6 Å². The SMILES string of the molecule is C=C[Si](c1ccccc1)(N(CC)CC)C(C)(C)C. The van der Waals surface area contributed by atoms with Crippen molar-refractivity contribution in [3.8, 4) is 0 Å². The van der Waals surface area contributed by atoms with Crippen LogP contribution in [0.3, 0.4) is 0 Å². The Morgan fingerprint density at radius 3 is 1.94 bits per heavy atom. The van der Waals surface area contributed by atoms with E-state index in [9.17, 15) is 0 Å². The molecule has 0 heterocycles. The Hall–Kier alpha value is -0.863. The summed E-state index contributed by atoms with van der Waals surface area (Å²) in [4.78, 5) is 0. The minimum absolute atomic E-state index is 0.238. The molecule has 0 aliphatic carbocycles. The van der Waals surface area contributed by atoms with Crippen molar-refractivity contribution in [2.75, 3.05) is 13.1 Å². The zero-order chi connectivity index (χ0) is 13.8. The molecule has 0 fully saturated rings. The lowest BCUT2D eigenvalue weighted by molar-refractivity contribution is 0.446. The molecule has 0 aromatic heterocycles. The van der Waals surface area contributed by atoms with Crippen LogP contribution in [-0.4, -0.2) is 25.9 Å². The molecule has 1 unspecified atom stereocenters. The van der Waals surface area contributed by atoms with E-state index in [0.29, 0.717) is 0 Å². The van der Waals surface area contributed by atoms with Gasteiger partial charge in [-0.25, -0.2) is 0 Å². The molecule has 0 aliphatic heterocycles. The van der Waals surface area contributed by atoms with Crippen LogP contribution in [0.15, 0.2) is 42.6 Å². The Morgan fingerprint density at radius 1 is 1.11 bits per heavy atom. The predicted molar refractivity (Wildman–Crippen MR) is 84.7 cm³/mol. The molecular weight excluding hydrogens is 234 g/mol. The zero-order valence-electron chi connectivity index (χ0n) is 12.5. The lowest BCUT2D eigenvalue weighted by Gasteiger charge is -2.48. The largest absolute Gasteiger partial charge is 0.317 e. The number of hydrogen-bond acceptors (Lipinski definition) is 1. The highest BCUT2D eigenvalue weighted by molar-refractivity contribution is 6.95. The van der Waals surface area contributed by atoms with Crippen LogP contribution in [0.2, 0.25) is 5.04 Å². The molecule has 0 aliphatic rings. The van der Waals surface area contributed by atoms with Gasteiger partial charge in [0.2, 0.25) is 0 Å². The van der Waals surface area contributed by atoms with Crippen molar-refractivity contribution >= 4 is 13.4 Å². The first-order valence-corrected chi connectivity index (χ1v) is 8.90. The van der Waals surface area contributed by atoms with E-state index in [1.54, 1.807) is 0 Å². The number of hydrogen-bond donors (Lipinski definition) is 0. The first-order valence-electron chi connectivity index (χ1n) is 6.88. The highest BCUT2D eigenvalue weighted by atomic mass is 28.3. The number of rotatable bonds is 5. The Morgan fingerprint density at radius 2 is 1.61 bits per heavy atom. The number of nitrogens with zero attached hydrogens (tertiary/aromatic N) is 1. The topological polar surface area (TPSA) is 3.24 Å². The summed E-state index contributed by atoms with van der Waals surface area (Å²) < 4.78 is 2.63. The third-order valence-electron chi connectivity index (χ3n) is 3.91. The maximum absolute atomic E-state index is 4.21. The van der Waals surface area contributed by atoms with E-state index >= 15 is 0 Å². The molecular formula is C16H27NSi. The zero-order valence-corrected chi connectivity index (χ0v) is 13.5. The highest BCUT2D eigenvalue weighted by Gasteiger charge is 2.47. The van der Waals surface area contributed by atoms with Gasteiger partial charge in [0, 0.05) is 0 Å². The number of benzene rings is 1. The molecule has 0 saturated carbocycles. The van der Waals surface area contributed by atoms with Gasteiger partial charge in [-0.3, -0.25) is 0 Å². The van der Waals surface area contributed by atoms with Crippen LogP contribution in [0.4, 0.5) is 0 Å². The van der Waals surface area contributed by atoms with Gasteiger partial charge in [0.15, 0.2) is 8.24 Å². The van der Waals surface area contributed by atoms with Gasteiger partial charge in [0.1, 0.15) is 0 Å². The van der Waals surface area contributed by atoms with E-state index in [-0.39, 0.29) is 5.04 Å². The van der Waals surface area contributed by atoms with Gasteiger partial charge in [0.25, 0.3) is 0 Å². The highest BCUT2D eigenvalue weighted by Crippen LogP contribution is 2.38. The van der Waals surface area contributed by atoms with Gasteiger partial charge < -0.3 is 4.57 Å². The minimum Gasteiger partial charge on any atom is -0.317 e. The van der Waals surface area contributed by atoms with Crippen LogP contribution in [0.1, 0.15) is 34.6 Å². The van der Waals surface area contributed by atoms with Crippen molar-refractivity contribution in [2.24, 2.45) is 0 Å². The van der Waals surface area contributed by atoms with Crippen LogP contribution < -0.4 is 5.19 Å². The van der Waals surface area contributed by atoms with Gasteiger partial charge >= 0.3 is 0 Å². The van der Waals surface area contributed by atoms with E-state index in [4.69, 9.17) is 0 Å². The molecule has 18 heavy (non-hydrogen) atoms. The molecule has 1 aromatic carbocycles. The van der Waals surface area contributed by atoms with Crippen molar-refractivity contribution in [2.45, 2.75) is 39.7 Å². The Labute approximate surface area is 114 Å². The maximum Gasteiger partial charge on any atom is 0.190 e. The summed E-state index contributed by atoms with van der Waals surface area (Å²) in [6.45, 7) is 17.9. The van der Waals surface area contributed by atoms with E-state index in [1.807, 2.05) is 0 Å². The standard InChI is InChI=1S/C16H27NSi/c1-7-17(8-2)18(9-3,16(4,5)6)15-13-11-10-12-14-15/h9-14H,3,7-8H2,1-2,4-6H3. The third-order valence-corrected chi connectivity index (χ3v) is 9.64. The van der Waals surface area contributed by atoms with E-state index < -0.39 is 8.24 Å². The summed E-state index contributed by atoms with van der Waals surface area (Å²) >= 11 is 0. The van der Waals surface area contributed by atoms with E-state index in [2.05, 4.69) is 81.8 Å². The van der Waals surface area contributed by atoms with Crippen molar-refractivity contribution in [1.29, 1.82) is 0 Å². The fourth-order valence-electron chi connectivity index (χ4n) is 3.06. The van der Waals surface area contributed by atoms with Gasteiger partial charge in [0.05, 0.1) is 0 Å². The normalized spacial score (nSPS) is 15.4. The first-order chi connectivity index (χ1) is 8.44. The molecule has 0 bridgehead atoms. The Bertz CT molecular complexity index is 376. The minimum atomic E-state index is -1.88. The molecule has 1 nitrogen and oxygen atoms in total. The molecule has 1 aromatic rings. The second-order valence-electron chi connectivity index (χ2n) is 5.76. The Balaban J connectivity index is 3.46. The van der Waals surface area contributed by atoms with Crippen LogP contribution in [0.5, 0.6) is 0 Å². The summed E-state index contributed by atoms with van der Waals surface area (Å²) in [6, 6.07) is 10.9. The summed E-state index contributed by atoms with van der Waals surface area (Å²) in [5.74, 6) is 0. The molecule has 2 heteroatoms. The smallest absolute Gasteiger partial charge is 0.190 e. The molecule has 0 spiro atoms. The van der Waals surface area contributed by atoms with Crippen molar-refractivity contribution < 1.29 is 0 Å². The van der Waals surface area contributed by atoms with Gasteiger partial charge in [-0.05, 0) is 23.3 Å². The molecule has 0 N–H and O–H groups in total. The van der Waals surface area contributed by atoms with Gasteiger partial charge in [-0.15, -0.1) is 6.58 Å². The van der Waals surface area contributed by atoms with Gasteiger partial charge in [-0.1, -0.05) is 70.6 Å². The van der Waals surface area contributed by atoms with Crippen LogP contribution in [0, 0.1) is 0 Å². The molecule has 1 rings (SSSR count). The predicted octanol–water partition coefficient (Wildman–Crippen LogP) is 3.71. The summed E-state index contributed by atoms with van der Waals surface area (Å²) in [5, 5.41) is 1.71. The quantitative estimate of drug-likeness (QED) is 0.731. The third kappa shape index (κ3) is 2.45. The first kappa shape index (κ1) is 15.2. The lowest BCUT2D eigenvalue weighted by Crippen LogP contribution is -2.66. The lowest BCUT2D eigenvalue weighted by atomic mass is 10.2. The van der Waals surface area contributed by atoms with Crippen LogP contribution in [0.25, 0.3) is 0 Å². The Kier molecular flexibility index (Phi) is 4.94. The average molecular weight is 261 g/mol. The summed E-state index contributed by atoms with van der Waals surface area (Å²) in [6.07, 6.45) is 0.